The van der Waals surface area contributed by atoms with E-state index in [1.165, 1.54) is 4.90 Å². The summed E-state index contributed by atoms with van der Waals surface area (Å²) in [6, 6.07) is 12.9. The van der Waals surface area contributed by atoms with E-state index in [0.717, 1.165) is 0 Å². The van der Waals surface area contributed by atoms with Crippen LogP contribution in [0.15, 0.2) is 85.5 Å². The Bertz CT molecular complexity index is 1220. The number of ether oxygens (including phenoxy) is 1. The Labute approximate surface area is 202 Å². The first-order valence-electron chi connectivity index (χ1n) is 10.8. The van der Waals surface area contributed by atoms with E-state index in [2.05, 4.69) is 11.6 Å². The minimum atomic E-state index is -0.759. The number of ketones is 1. The first-order valence-corrected chi connectivity index (χ1v) is 11.2. The Kier molecular flexibility index (Phi) is 7.13. The number of aromatic nitrogens is 2. The molecule has 1 amide bonds. The summed E-state index contributed by atoms with van der Waals surface area (Å²) in [6.45, 7) is 4.93. The minimum absolute atomic E-state index is 0.0378. The van der Waals surface area contributed by atoms with Crippen LogP contribution in [0.3, 0.4) is 0 Å². The Morgan fingerprint density at radius 1 is 1.18 bits per heavy atom. The molecule has 34 heavy (non-hydrogen) atoms. The molecule has 1 atom stereocenters. The van der Waals surface area contributed by atoms with Gasteiger partial charge in [0.05, 0.1) is 17.9 Å². The summed E-state index contributed by atoms with van der Waals surface area (Å²) in [5, 5.41) is 11.6. The number of carbonyl (C=O) groups excluding carboxylic acids is 2. The minimum Gasteiger partial charge on any atom is -0.507 e. The van der Waals surface area contributed by atoms with Crippen molar-refractivity contribution in [1.29, 1.82) is 0 Å². The third-order valence-corrected chi connectivity index (χ3v) is 5.83. The number of Topliss-reactive ketones (excluding diaryl/α,β-unsaturated/α-hetero) is 1. The van der Waals surface area contributed by atoms with E-state index in [4.69, 9.17) is 16.3 Å². The van der Waals surface area contributed by atoms with Crippen LogP contribution in [0.5, 0.6) is 5.75 Å². The number of hydrogen-bond acceptors (Lipinski definition) is 5. The van der Waals surface area contributed by atoms with Crippen molar-refractivity contribution >= 4 is 29.1 Å². The third-order valence-electron chi connectivity index (χ3n) is 5.57. The van der Waals surface area contributed by atoms with Gasteiger partial charge in [0.15, 0.2) is 0 Å². The van der Waals surface area contributed by atoms with Crippen molar-refractivity contribution in [3.63, 3.8) is 0 Å². The molecule has 1 aliphatic rings. The molecule has 2 aromatic carbocycles. The molecule has 2 heterocycles. The SMILES string of the molecule is C=CCOc1cccc(C2/C(=C(/O)c3ccc(Cl)cc3)C(=O)C(=O)N2CCCn2ccnc2)c1. The number of imidazole rings is 1. The van der Waals surface area contributed by atoms with Gasteiger partial charge in [0, 0.05) is 36.1 Å². The molecule has 1 aromatic heterocycles. The number of aryl methyl sites for hydroxylation is 1. The van der Waals surface area contributed by atoms with Crippen molar-refractivity contribution in [3.05, 3.63) is 102 Å². The lowest BCUT2D eigenvalue weighted by Gasteiger charge is -2.25. The van der Waals surface area contributed by atoms with E-state index >= 15 is 0 Å². The number of carbonyl (C=O) groups is 2. The van der Waals surface area contributed by atoms with E-state index < -0.39 is 17.7 Å². The van der Waals surface area contributed by atoms with Crippen molar-refractivity contribution < 1.29 is 19.4 Å². The van der Waals surface area contributed by atoms with Crippen LogP contribution in [-0.2, 0) is 16.1 Å². The molecule has 0 spiro atoms. The summed E-state index contributed by atoms with van der Waals surface area (Å²) < 4.78 is 7.56. The topological polar surface area (TPSA) is 84.7 Å². The molecule has 4 rings (SSSR count). The zero-order valence-electron chi connectivity index (χ0n) is 18.4. The molecule has 0 aliphatic carbocycles. The van der Waals surface area contributed by atoms with E-state index in [1.807, 2.05) is 16.8 Å². The fourth-order valence-electron chi connectivity index (χ4n) is 3.99. The molecular formula is C26H24ClN3O4. The number of nitrogens with zero attached hydrogens (tertiary/aromatic N) is 3. The van der Waals surface area contributed by atoms with Crippen LogP contribution in [-0.4, -0.2) is 44.4 Å². The number of amides is 1. The monoisotopic (exact) mass is 477 g/mol. The van der Waals surface area contributed by atoms with E-state index in [-0.39, 0.29) is 11.3 Å². The van der Waals surface area contributed by atoms with Gasteiger partial charge in [-0.25, -0.2) is 4.98 Å². The van der Waals surface area contributed by atoms with Gasteiger partial charge in [0.2, 0.25) is 0 Å². The van der Waals surface area contributed by atoms with Crippen LogP contribution in [0.25, 0.3) is 5.76 Å². The predicted octanol–water partition coefficient (Wildman–Crippen LogP) is 4.61. The summed E-state index contributed by atoms with van der Waals surface area (Å²) >= 11 is 5.98. The van der Waals surface area contributed by atoms with Gasteiger partial charge in [0.1, 0.15) is 18.1 Å². The second-order valence-corrected chi connectivity index (χ2v) is 8.26. The van der Waals surface area contributed by atoms with Crippen molar-refractivity contribution in [3.8, 4) is 5.75 Å². The van der Waals surface area contributed by atoms with Gasteiger partial charge in [-0.05, 0) is 48.4 Å². The first-order chi connectivity index (χ1) is 16.5. The van der Waals surface area contributed by atoms with Crippen molar-refractivity contribution in [2.45, 2.75) is 19.0 Å². The van der Waals surface area contributed by atoms with E-state index in [0.29, 0.717) is 48.0 Å². The highest BCUT2D eigenvalue weighted by atomic mass is 35.5. The highest BCUT2D eigenvalue weighted by molar-refractivity contribution is 6.46. The van der Waals surface area contributed by atoms with Gasteiger partial charge in [-0.3, -0.25) is 9.59 Å². The molecular weight excluding hydrogens is 454 g/mol. The Morgan fingerprint density at radius 2 is 1.97 bits per heavy atom. The molecule has 0 saturated carbocycles. The molecule has 1 aliphatic heterocycles. The maximum atomic E-state index is 13.1. The van der Waals surface area contributed by atoms with Gasteiger partial charge in [0.25, 0.3) is 11.7 Å². The first kappa shape index (κ1) is 23.3. The zero-order valence-corrected chi connectivity index (χ0v) is 19.2. The van der Waals surface area contributed by atoms with Gasteiger partial charge >= 0.3 is 0 Å². The summed E-state index contributed by atoms with van der Waals surface area (Å²) in [5.41, 5.74) is 1.11. The van der Waals surface area contributed by atoms with Crippen LogP contribution in [0, 0.1) is 0 Å². The van der Waals surface area contributed by atoms with Gasteiger partial charge in [-0.1, -0.05) is 36.4 Å². The molecule has 1 saturated heterocycles. The lowest BCUT2D eigenvalue weighted by molar-refractivity contribution is -0.139. The molecule has 1 unspecified atom stereocenters. The Hall–Kier alpha value is -3.84. The molecule has 8 heteroatoms. The summed E-state index contributed by atoms with van der Waals surface area (Å²) in [7, 11) is 0. The number of aliphatic hydroxyl groups excluding tert-OH is 1. The van der Waals surface area contributed by atoms with Crippen LogP contribution in [0.2, 0.25) is 5.02 Å². The van der Waals surface area contributed by atoms with Crippen molar-refractivity contribution in [2.24, 2.45) is 0 Å². The number of likely N-dealkylation sites (tertiary alicyclic amines) is 1. The van der Waals surface area contributed by atoms with Crippen LogP contribution in [0.4, 0.5) is 0 Å². The van der Waals surface area contributed by atoms with Crippen LogP contribution >= 0.6 is 11.6 Å². The lowest BCUT2D eigenvalue weighted by atomic mass is 9.95. The second-order valence-electron chi connectivity index (χ2n) is 7.83. The fourth-order valence-corrected chi connectivity index (χ4v) is 4.12. The quantitative estimate of drug-likeness (QED) is 0.210. The lowest BCUT2D eigenvalue weighted by Crippen LogP contribution is -2.31. The maximum Gasteiger partial charge on any atom is 0.295 e. The number of halogens is 1. The molecule has 3 aromatic rings. The predicted molar refractivity (Wildman–Crippen MR) is 129 cm³/mol. The molecule has 1 N–H and O–H groups in total. The normalized spacial score (nSPS) is 17.2. The average Bonchev–Trinajstić information content (AvgIpc) is 3.45. The molecule has 7 nitrogen and oxygen atoms in total. The number of rotatable bonds is 9. The fraction of sp³-hybridized carbons (Fsp3) is 0.192. The average molecular weight is 478 g/mol. The number of aliphatic hydroxyl groups is 1. The van der Waals surface area contributed by atoms with Gasteiger partial charge < -0.3 is 19.3 Å². The Balaban J connectivity index is 1.73. The largest absolute Gasteiger partial charge is 0.507 e. The van der Waals surface area contributed by atoms with Crippen LogP contribution < -0.4 is 4.74 Å². The van der Waals surface area contributed by atoms with Gasteiger partial charge in [-0.2, -0.15) is 0 Å². The smallest absolute Gasteiger partial charge is 0.295 e. The summed E-state index contributed by atoms with van der Waals surface area (Å²) in [5.74, 6) is -1.04. The molecule has 0 bridgehead atoms. The van der Waals surface area contributed by atoms with Gasteiger partial charge in [-0.15, -0.1) is 0 Å². The maximum absolute atomic E-state index is 13.1. The number of benzene rings is 2. The van der Waals surface area contributed by atoms with E-state index in [1.54, 1.807) is 61.1 Å². The summed E-state index contributed by atoms with van der Waals surface area (Å²) in [4.78, 5) is 31.8. The highest BCUT2D eigenvalue weighted by Crippen LogP contribution is 2.40. The molecule has 1 fully saturated rings. The zero-order chi connectivity index (χ0) is 24.1. The van der Waals surface area contributed by atoms with Crippen LogP contribution in [0.1, 0.15) is 23.6 Å². The van der Waals surface area contributed by atoms with Crippen molar-refractivity contribution in [2.75, 3.05) is 13.2 Å². The summed E-state index contributed by atoms with van der Waals surface area (Å²) in [6.07, 6.45) is 7.47. The number of hydrogen-bond donors (Lipinski definition) is 1. The standard InChI is InChI=1S/C26H24ClN3O4/c1-2-15-34-21-6-3-5-19(16-21)23-22(24(31)18-7-9-20(27)10-8-18)25(32)26(33)30(23)13-4-12-29-14-11-28-17-29/h2-3,5-11,14,16-17,23,31H,1,4,12-13,15H2/b24-22-. The third kappa shape index (κ3) is 4.89. The molecule has 0 radical (unpaired) electrons. The van der Waals surface area contributed by atoms with E-state index in [9.17, 15) is 14.7 Å². The molecule has 174 valence electrons. The highest BCUT2D eigenvalue weighted by Gasteiger charge is 2.45. The second kappa shape index (κ2) is 10.4. The van der Waals surface area contributed by atoms with Crippen molar-refractivity contribution in [1.82, 2.24) is 14.5 Å². The Morgan fingerprint density at radius 3 is 2.68 bits per heavy atom.